The average molecular weight is 248 g/mol. The Morgan fingerprint density at radius 1 is 1.41 bits per heavy atom. The van der Waals surface area contributed by atoms with Gasteiger partial charge in [-0.05, 0) is 25.0 Å². The van der Waals surface area contributed by atoms with Gasteiger partial charge >= 0.3 is 0 Å². The minimum Gasteiger partial charge on any atom is -0.249 e. The number of benzene rings is 1. The highest BCUT2D eigenvalue weighted by Crippen LogP contribution is 2.27. The fourth-order valence-electron chi connectivity index (χ4n) is 2.31. The number of nitrogens with zero attached hydrogens (tertiary/aromatic N) is 3. The van der Waals surface area contributed by atoms with Crippen LogP contribution >= 0.6 is 11.6 Å². The molecule has 1 aliphatic heterocycles. The second-order valence-corrected chi connectivity index (χ2v) is 5.01. The van der Waals surface area contributed by atoms with Gasteiger partial charge < -0.3 is 0 Å². The van der Waals surface area contributed by atoms with Gasteiger partial charge in [0, 0.05) is 23.0 Å². The molecule has 88 valence electrons. The van der Waals surface area contributed by atoms with Crippen LogP contribution in [0, 0.1) is 0 Å². The van der Waals surface area contributed by atoms with Gasteiger partial charge in [0.1, 0.15) is 5.82 Å². The molecule has 3 rings (SSSR count). The molecule has 17 heavy (non-hydrogen) atoms. The van der Waals surface area contributed by atoms with E-state index in [2.05, 4.69) is 17.0 Å². The summed E-state index contributed by atoms with van der Waals surface area (Å²) in [7, 11) is 0. The highest BCUT2D eigenvalue weighted by molar-refractivity contribution is 6.30. The van der Waals surface area contributed by atoms with Crippen molar-refractivity contribution >= 4 is 11.6 Å². The van der Waals surface area contributed by atoms with Crippen molar-refractivity contribution in [2.45, 2.75) is 32.2 Å². The third-order valence-corrected chi connectivity index (χ3v) is 3.47. The molecule has 4 heteroatoms. The van der Waals surface area contributed by atoms with Crippen LogP contribution in [-0.2, 0) is 6.54 Å². The van der Waals surface area contributed by atoms with E-state index < -0.39 is 0 Å². The highest BCUT2D eigenvalue weighted by Gasteiger charge is 2.20. The van der Waals surface area contributed by atoms with Crippen molar-refractivity contribution in [3.63, 3.8) is 0 Å². The first-order valence-electron chi connectivity index (χ1n) is 5.95. The number of hydrogen-bond acceptors (Lipinski definition) is 2. The first-order valence-corrected chi connectivity index (χ1v) is 6.32. The topological polar surface area (TPSA) is 30.7 Å². The van der Waals surface area contributed by atoms with Gasteiger partial charge in [-0.15, -0.1) is 0 Å². The van der Waals surface area contributed by atoms with E-state index in [0.29, 0.717) is 5.92 Å². The van der Waals surface area contributed by atoms with Crippen LogP contribution < -0.4 is 0 Å². The Hall–Kier alpha value is -1.35. The first-order chi connectivity index (χ1) is 8.24. The fraction of sp³-hybridized carbons (Fsp3) is 0.385. The molecule has 0 saturated heterocycles. The molecule has 1 aromatic heterocycles. The summed E-state index contributed by atoms with van der Waals surface area (Å²) in [6, 6.07) is 7.70. The summed E-state index contributed by atoms with van der Waals surface area (Å²) in [6.07, 6.45) is 2.39. The molecule has 0 saturated carbocycles. The van der Waals surface area contributed by atoms with Crippen LogP contribution in [0.15, 0.2) is 24.3 Å². The summed E-state index contributed by atoms with van der Waals surface area (Å²) in [5.41, 5.74) is 0.992. The zero-order valence-corrected chi connectivity index (χ0v) is 10.5. The van der Waals surface area contributed by atoms with Gasteiger partial charge in [0.2, 0.25) is 0 Å². The first kappa shape index (κ1) is 10.8. The van der Waals surface area contributed by atoms with E-state index in [9.17, 15) is 0 Å². The van der Waals surface area contributed by atoms with Gasteiger partial charge in [0.15, 0.2) is 5.82 Å². The molecular formula is C13H14ClN3. The lowest BCUT2D eigenvalue weighted by Crippen LogP contribution is -2.14. The van der Waals surface area contributed by atoms with E-state index in [1.807, 2.05) is 28.9 Å². The molecule has 1 unspecified atom stereocenters. The molecule has 1 aliphatic rings. The SMILES string of the molecule is CC1CCCn2nc(-c3cccc(Cl)c3)nc21. The van der Waals surface area contributed by atoms with Gasteiger partial charge in [-0.25, -0.2) is 9.67 Å². The largest absolute Gasteiger partial charge is 0.249 e. The standard InChI is InChI=1S/C13H14ClN3/c1-9-4-3-7-17-13(9)15-12(16-17)10-5-2-6-11(14)8-10/h2,5-6,8-9H,3-4,7H2,1H3. The molecule has 0 bridgehead atoms. The van der Waals surface area contributed by atoms with Crippen LogP contribution in [0.25, 0.3) is 11.4 Å². The highest BCUT2D eigenvalue weighted by atomic mass is 35.5. The Morgan fingerprint density at radius 2 is 2.29 bits per heavy atom. The maximum absolute atomic E-state index is 5.99. The molecule has 3 nitrogen and oxygen atoms in total. The second kappa shape index (κ2) is 4.15. The predicted octanol–water partition coefficient (Wildman–Crippen LogP) is 3.50. The summed E-state index contributed by atoms with van der Waals surface area (Å²) in [5.74, 6) is 2.40. The van der Waals surface area contributed by atoms with Crippen molar-refractivity contribution in [1.82, 2.24) is 14.8 Å². The Kier molecular flexibility index (Phi) is 2.63. The lowest BCUT2D eigenvalue weighted by Gasteiger charge is -2.17. The zero-order valence-electron chi connectivity index (χ0n) is 9.73. The van der Waals surface area contributed by atoms with E-state index >= 15 is 0 Å². The normalized spacial score (nSPS) is 19.1. The minimum absolute atomic E-state index is 0.504. The smallest absolute Gasteiger partial charge is 0.181 e. The summed E-state index contributed by atoms with van der Waals surface area (Å²) < 4.78 is 2.03. The monoisotopic (exact) mass is 247 g/mol. The van der Waals surface area contributed by atoms with Crippen molar-refractivity contribution < 1.29 is 0 Å². The third kappa shape index (κ3) is 1.95. The van der Waals surface area contributed by atoms with Gasteiger partial charge in [-0.2, -0.15) is 5.10 Å². The molecule has 0 N–H and O–H groups in total. The molecule has 1 aromatic carbocycles. The van der Waals surface area contributed by atoms with Gasteiger partial charge in [-0.1, -0.05) is 30.7 Å². The molecule has 2 aromatic rings. The lowest BCUT2D eigenvalue weighted by molar-refractivity contribution is 0.432. The molecule has 2 heterocycles. The molecule has 0 aliphatic carbocycles. The summed E-state index contributed by atoms with van der Waals surface area (Å²) in [5, 5.41) is 5.28. The van der Waals surface area contributed by atoms with E-state index in [1.165, 1.54) is 12.8 Å². The number of aryl methyl sites for hydroxylation is 1. The van der Waals surface area contributed by atoms with E-state index in [4.69, 9.17) is 11.6 Å². The van der Waals surface area contributed by atoms with Crippen LogP contribution in [0.3, 0.4) is 0 Å². The number of rotatable bonds is 1. The Bertz CT molecular complexity index is 547. The number of halogens is 1. The fourth-order valence-corrected chi connectivity index (χ4v) is 2.50. The summed E-state index contributed by atoms with van der Waals surface area (Å²) in [6.45, 7) is 3.19. The Morgan fingerprint density at radius 3 is 3.06 bits per heavy atom. The number of hydrogen-bond donors (Lipinski definition) is 0. The Balaban J connectivity index is 2.05. The van der Waals surface area contributed by atoms with Crippen molar-refractivity contribution in [3.8, 4) is 11.4 Å². The van der Waals surface area contributed by atoms with E-state index in [1.54, 1.807) is 0 Å². The van der Waals surface area contributed by atoms with Crippen LogP contribution in [0.4, 0.5) is 0 Å². The Labute approximate surface area is 105 Å². The third-order valence-electron chi connectivity index (χ3n) is 3.23. The lowest BCUT2D eigenvalue weighted by atomic mass is 10.0. The van der Waals surface area contributed by atoms with Crippen molar-refractivity contribution in [2.75, 3.05) is 0 Å². The minimum atomic E-state index is 0.504. The van der Waals surface area contributed by atoms with Gasteiger partial charge in [0.05, 0.1) is 0 Å². The maximum atomic E-state index is 5.99. The van der Waals surface area contributed by atoms with Crippen LogP contribution in [-0.4, -0.2) is 14.8 Å². The van der Waals surface area contributed by atoms with E-state index in [0.717, 1.165) is 28.8 Å². The zero-order chi connectivity index (χ0) is 11.8. The molecule has 1 atom stereocenters. The molecular weight excluding hydrogens is 234 g/mol. The van der Waals surface area contributed by atoms with Crippen LogP contribution in [0.5, 0.6) is 0 Å². The average Bonchev–Trinajstić information content (AvgIpc) is 2.74. The van der Waals surface area contributed by atoms with E-state index in [-0.39, 0.29) is 0 Å². The number of fused-ring (bicyclic) bond motifs is 1. The summed E-state index contributed by atoms with van der Waals surface area (Å²) in [4.78, 5) is 4.64. The van der Waals surface area contributed by atoms with Crippen molar-refractivity contribution in [1.29, 1.82) is 0 Å². The van der Waals surface area contributed by atoms with Crippen LogP contribution in [0.1, 0.15) is 31.5 Å². The number of aromatic nitrogens is 3. The van der Waals surface area contributed by atoms with Crippen LogP contribution in [0.2, 0.25) is 5.02 Å². The molecule has 0 spiro atoms. The molecule has 0 radical (unpaired) electrons. The van der Waals surface area contributed by atoms with Crippen molar-refractivity contribution in [3.05, 3.63) is 35.1 Å². The quantitative estimate of drug-likeness (QED) is 0.772. The van der Waals surface area contributed by atoms with Crippen molar-refractivity contribution in [2.24, 2.45) is 0 Å². The van der Waals surface area contributed by atoms with Gasteiger partial charge in [-0.3, -0.25) is 0 Å². The summed E-state index contributed by atoms with van der Waals surface area (Å²) >= 11 is 5.99. The predicted molar refractivity (Wildman–Crippen MR) is 68.1 cm³/mol. The second-order valence-electron chi connectivity index (χ2n) is 4.57. The molecule has 0 amide bonds. The molecule has 0 fully saturated rings. The maximum Gasteiger partial charge on any atom is 0.181 e. The van der Waals surface area contributed by atoms with Gasteiger partial charge in [0.25, 0.3) is 0 Å².